The highest BCUT2D eigenvalue weighted by Crippen LogP contribution is 2.36. The second-order valence-electron chi connectivity index (χ2n) is 4.73. The van der Waals surface area contributed by atoms with Gasteiger partial charge in [-0.15, -0.1) is 17.5 Å². The van der Waals surface area contributed by atoms with Crippen molar-refractivity contribution in [3.63, 3.8) is 0 Å². The number of guanidine groups is 1. The van der Waals surface area contributed by atoms with E-state index in [0.29, 0.717) is 10.0 Å². The van der Waals surface area contributed by atoms with Crippen LogP contribution >= 0.6 is 35.6 Å². The van der Waals surface area contributed by atoms with E-state index < -0.39 is 0 Å². The summed E-state index contributed by atoms with van der Waals surface area (Å²) in [6, 6.07) is 13.4. The summed E-state index contributed by atoms with van der Waals surface area (Å²) in [4.78, 5) is 0. The third kappa shape index (κ3) is 3.34. The van der Waals surface area contributed by atoms with Gasteiger partial charge in [0.1, 0.15) is 0 Å². The second kappa shape index (κ2) is 7.04. The summed E-state index contributed by atoms with van der Waals surface area (Å²) >= 11 is 12.6. The number of rotatable bonds is 2. The van der Waals surface area contributed by atoms with Crippen molar-refractivity contribution in [1.29, 1.82) is 0 Å². The standard InChI is InChI=1S/C16H12Cl2N4.ClH/c17-9-5-6-11-13(7-9)15(18)12-4-2-1-3-10(12)14(11)8-21-22-16(19)20;/h1-8H,(H4,19,20,22);1H/b21-8+;. The molecule has 0 fully saturated rings. The lowest BCUT2D eigenvalue weighted by Gasteiger charge is -2.10. The van der Waals surface area contributed by atoms with Gasteiger partial charge in [-0.2, -0.15) is 5.10 Å². The molecule has 0 spiro atoms. The number of hydrogen-bond acceptors (Lipinski definition) is 2. The molecule has 0 saturated heterocycles. The quantitative estimate of drug-likeness (QED) is 0.306. The second-order valence-corrected chi connectivity index (χ2v) is 5.55. The summed E-state index contributed by atoms with van der Waals surface area (Å²) in [6.07, 6.45) is 1.62. The zero-order valence-electron chi connectivity index (χ0n) is 11.8. The van der Waals surface area contributed by atoms with Crippen molar-refractivity contribution in [3.05, 3.63) is 58.1 Å². The van der Waals surface area contributed by atoms with Crippen LogP contribution in [0, 0.1) is 0 Å². The molecular formula is C16H13Cl3N4. The van der Waals surface area contributed by atoms with Crippen LogP contribution in [0.5, 0.6) is 0 Å². The van der Waals surface area contributed by atoms with Crippen LogP contribution in [0.3, 0.4) is 0 Å². The molecule has 0 radical (unpaired) electrons. The maximum atomic E-state index is 6.53. The summed E-state index contributed by atoms with van der Waals surface area (Å²) < 4.78 is 0. The fourth-order valence-corrected chi connectivity index (χ4v) is 2.92. The predicted molar refractivity (Wildman–Crippen MR) is 102 cm³/mol. The highest BCUT2D eigenvalue weighted by Gasteiger charge is 2.11. The average molecular weight is 368 g/mol. The molecule has 0 unspecified atom stereocenters. The van der Waals surface area contributed by atoms with Gasteiger partial charge in [-0.1, -0.05) is 53.5 Å². The Kier molecular flexibility index (Phi) is 5.31. The molecule has 3 rings (SSSR count). The summed E-state index contributed by atoms with van der Waals surface area (Å²) in [5.74, 6) is -0.0955. The van der Waals surface area contributed by atoms with Crippen molar-refractivity contribution >= 4 is 69.3 Å². The lowest BCUT2D eigenvalue weighted by molar-refractivity contribution is 1.22. The van der Waals surface area contributed by atoms with Crippen LogP contribution in [-0.2, 0) is 0 Å². The minimum absolute atomic E-state index is 0. The van der Waals surface area contributed by atoms with Crippen LogP contribution in [-0.4, -0.2) is 12.2 Å². The maximum absolute atomic E-state index is 6.53. The fourth-order valence-electron chi connectivity index (χ4n) is 2.42. The number of fused-ring (bicyclic) bond motifs is 2. The topological polar surface area (TPSA) is 76.8 Å². The number of nitrogens with zero attached hydrogens (tertiary/aromatic N) is 2. The van der Waals surface area contributed by atoms with Crippen LogP contribution in [0.15, 0.2) is 52.7 Å². The van der Waals surface area contributed by atoms with Crippen molar-refractivity contribution in [2.75, 3.05) is 0 Å². The third-order valence-electron chi connectivity index (χ3n) is 3.32. The van der Waals surface area contributed by atoms with Gasteiger partial charge in [0, 0.05) is 21.4 Å². The van der Waals surface area contributed by atoms with Crippen LogP contribution in [0.1, 0.15) is 5.56 Å². The molecular weight excluding hydrogens is 355 g/mol. The Morgan fingerprint density at radius 3 is 2.26 bits per heavy atom. The summed E-state index contributed by atoms with van der Waals surface area (Å²) in [7, 11) is 0. The van der Waals surface area contributed by atoms with Crippen LogP contribution < -0.4 is 11.5 Å². The van der Waals surface area contributed by atoms with Gasteiger partial charge in [-0.25, -0.2) is 0 Å². The fraction of sp³-hybridized carbons (Fsp3) is 0. The monoisotopic (exact) mass is 366 g/mol. The molecule has 4 nitrogen and oxygen atoms in total. The SMILES string of the molecule is Cl.NC(N)=N/N=C/c1c2ccccc2c(Cl)c2cc(Cl)ccc12. The molecule has 3 aromatic rings. The van der Waals surface area contributed by atoms with E-state index >= 15 is 0 Å². The number of benzene rings is 3. The first-order valence-electron chi connectivity index (χ1n) is 6.49. The molecule has 0 aliphatic carbocycles. The molecule has 4 N–H and O–H groups in total. The van der Waals surface area contributed by atoms with Gasteiger partial charge in [0.2, 0.25) is 5.96 Å². The molecule has 0 saturated carbocycles. The van der Waals surface area contributed by atoms with Crippen molar-refractivity contribution in [1.82, 2.24) is 0 Å². The Balaban J connectivity index is 0.00000192. The van der Waals surface area contributed by atoms with Crippen LogP contribution in [0.4, 0.5) is 0 Å². The largest absolute Gasteiger partial charge is 0.369 e. The lowest BCUT2D eigenvalue weighted by Crippen LogP contribution is -2.21. The first-order chi connectivity index (χ1) is 10.6. The molecule has 0 atom stereocenters. The van der Waals surface area contributed by atoms with Gasteiger partial charge < -0.3 is 11.5 Å². The van der Waals surface area contributed by atoms with Crippen molar-refractivity contribution in [2.45, 2.75) is 0 Å². The maximum Gasteiger partial charge on any atom is 0.211 e. The predicted octanol–water partition coefficient (Wildman–Crippen LogP) is 4.33. The highest BCUT2D eigenvalue weighted by atomic mass is 35.5. The van der Waals surface area contributed by atoms with Crippen LogP contribution in [0.2, 0.25) is 10.0 Å². The molecule has 3 aromatic carbocycles. The Morgan fingerprint density at radius 1 is 0.913 bits per heavy atom. The van der Waals surface area contributed by atoms with Gasteiger partial charge in [0.15, 0.2) is 0 Å². The molecule has 23 heavy (non-hydrogen) atoms. The highest BCUT2D eigenvalue weighted by molar-refractivity contribution is 6.42. The number of hydrogen-bond donors (Lipinski definition) is 2. The zero-order chi connectivity index (χ0) is 15.7. The van der Waals surface area contributed by atoms with Gasteiger partial charge in [0.05, 0.1) is 11.2 Å². The first kappa shape index (κ1) is 17.3. The van der Waals surface area contributed by atoms with Crippen molar-refractivity contribution < 1.29 is 0 Å². The van der Waals surface area contributed by atoms with E-state index in [1.807, 2.05) is 42.5 Å². The minimum atomic E-state index is -0.0955. The van der Waals surface area contributed by atoms with Crippen molar-refractivity contribution in [2.24, 2.45) is 21.7 Å². The molecule has 0 bridgehead atoms. The number of halogens is 3. The number of nitrogens with two attached hydrogens (primary N) is 2. The van der Waals surface area contributed by atoms with E-state index in [-0.39, 0.29) is 18.4 Å². The molecule has 0 aromatic heterocycles. The molecule has 7 heteroatoms. The minimum Gasteiger partial charge on any atom is -0.369 e. The van der Waals surface area contributed by atoms with E-state index in [2.05, 4.69) is 10.2 Å². The van der Waals surface area contributed by atoms with E-state index in [0.717, 1.165) is 27.1 Å². The van der Waals surface area contributed by atoms with Gasteiger partial charge >= 0.3 is 0 Å². The first-order valence-corrected chi connectivity index (χ1v) is 7.25. The van der Waals surface area contributed by atoms with E-state index in [1.165, 1.54) is 0 Å². The molecule has 0 aliphatic heterocycles. The smallest absolute Gasteiger partial charge is 0.211 e. The van der Waals surface area contributed by atoms with Crippen molar-refractivity contribution in [3.8, 4) is 0 Å². The zero-order valence-corrected chi connectivity index (χ0v) is 14.2. The lowest BCUT2D eigenvalue weighted by atomic mass is 9.97. The van der Waals surface area contributed by atoms with Gasteiger partial charge in [-0.05, 0) is 22.9 Å². The molecule has 118 valence electrons. The van der Waals surface area contributed by atoms with E-state index in [1.54, 1.807) is 6.21 Å². The summed E-state index contributed by atoms with van der Waals surface area (Å²) in [5.41, 5.74) is 11.5. The Bertz CT molecular complexity index is 931. The van der Waals surface area contributed by atoms with Gasteiger partial charge in [0.25, 0.3) is 0 Å². The Labute approximate surface area is 149 Å². The summed E-state index contributed by atoms with van der Waals surface area (Å²) in [5, 5.41) is 12.6. The van der Waals surface area contributed by atoms with Crippen LogP contribution in [0.25, 0.3) is 21.5 Å². The Hall–Kier alpha value is -2.01. The van der Waals surface area contributed by atoms with E-state index in [4.69, 9.17) is 34.7 Å². The van der Waals surface area contributed by atoms with Gasteiger partial charge in [-0.3, -0.25) is 0 Å². The molecule has 0 heterocycles. The summed E-state index contributed by atoms with van der Waals surface area (Å²) in [6.45, 7) is 0. The van der Waals surface area contributed by atoms with E-state index in [9.17, 15) is 0 Å². The molecule has 0 aliphatic rings. The molecule has 0 amide bonds. The Morgan fingerprint density at radius 2 is 1.57 bits per heavy atom. The third-order valence-corrected chi connectivity index (χ3v) is 3.96. The normalized spacial score (nSPS) is 10.9. The average Bonchev–Trinajstić information content (AvgIpc) is 2.50.